The summed E-state index contributed by atoms with van der Waals surface area (Å²) in [6, 6.07) is 9.72. The molecular formula is C26H31N3O3. The van der Waals surface area contributed by atoms with Crippen molar-refractivity contribution in [1.82, 2.24) is 9.88 Å². The molecule has 1 aromatic carbocycles. The smallest absolute Gasteiger partial charge is 0.276 e. The van der Waals surface area contributed by atoms with E-state index in [4.69, 9.17) is 4.42 Å². The SMILES string of the molecule is Cc1cccc(N2C(=O)c3cc4occc4n3CC2(C)C(=O)NC2CCCCC2C)c1C. The third kappa shape index (κ3) is 3.07. The van der Waals surface area contributed by atoms with Crippen LogP contribution in [0.1, 0.15) is 61.1 Å². The van der Waals surface area contributed by atoms with Crippen molar-refractivity contribution in [3.05, 3.63) is 53.4 Å². The number of carbonyl (C=O) groups excluding carboxylic acids is 2. The van der Waals surface area contributed by atoms with Crippen molar-refractivity contribution in [3.8, 4) is 0 Å². The normalized spacial score (nSPS) is 25.8. The Labute approximate surface area is 188 Å². The molecule has 1 N–H and O–H groups in total. The number of amides is 2. The van der Waals surface area contributed by atoms with Crippen LogP contribution in [0.15, 0.2) is 41.0 Å². The van der Waals surface area contributed by atoms with Gasteiger partial charge in [-0.25, -0.2) is 0 Å². The number of fused-ring (bicyclic) bond motifs is 3. The molecule has 5 rings (SSSR count). The molecule has 0 spiro atoms. The first-order valence-corrected chi connectivity index (χ1v) is 11.6. The van der Waals surface area contributed by atoms with Crippen molar-refractivity contribution < 1.29 is 14.0 Å². The van der Waals surface area contributed by atoms with E-state index < -0.39 is 5.54 Å². The lowest BCUT2D eigenvalue weighted by molar-refractivity contribution is -0.127. The number of rotatable bonds is 3. The number of hydrogen-bond acceptors (Lipinski definition) is 3. The number of carbonyl (C=O) groups is 2. The van der Waals surface area contributed by atoms with E-state index in [0.29, 0.717) is 23.7 Å². The lowest BCUT2D eigenvalue weighted by Gasteiger charge is -2.45. The average molecular weight is 434 g/mol. The monoisotopic (exact) mass is 433 g/mol. The van der Waals surface area contributed by atoms with Gasteiger partial charge in [0, 0.05) is 23.9 Å². The van der Waals surface area contributed by atoms with E-state index in [1.165, 1.54) is 6.42 Å². The first-order valence-electron chi connectivity index (χ1n) is 11.6. The standard InChI is InChI=1S/C26H31N3O3/c1-16-9-7-11-20(18(16)3)29-24(30)22-14-23-21(12-13-32-23)28(22)15-26(29,4)25(31)27-19-10-6-5-8-17(19)2/h7,9,11-14,17,19H,5-6,8,10,15H2,1-4H3,(H,27,31). The van der Waals surface area contributed by atoms with Gasteiger partial charge in [0.15, 0.2) is 5.58 Å². The van der Waals surface area contributed by atoms with Crippen molar-refractivity contribution in [3.63, 3.8) is 0 Å². The maximum absolute atomic E-state index is 13.9. The van der Waals surface area contributed by atoms with Crippen LogP contribution in [-0.2, 0) is 11.3 Å². The van der Waals surface area contributed by atoms with Crippen LogP contribution in [0.3, 0.4) is 0 Å². The van der Waals surface area contributed by atoms with E-state index in [1.807, 2.05) is 49.6 Å². The van der Waals surface area contributed by atoms with Crippen LogP contribution >= 0.6 is 0 Å². The predicted octanol–water partition coefficient (Wildman–Crippen LogP) is 4.97. The minimum atomic E-state index is -1.07. The molecule has 1 aliphatic carbocycles. The van der Waals surface area contributed by atoms with Gasteiger partial charge in [0.25, 0.3) is 5.91 Å². The lowest BCUT2D eigenvalue weighted by atomic mass is 9.84. The highest BCUT2D eigenvalue weighted by molar-refractivity contribution is 6.14. The predicted molar refractivity (Wildman–Crippen MR) is 125 cm³/mol. The molecule has 3 atom stereocenters. The van der Waals surface area contributed by atoms with E-state index in [-0.39, 0.29) is 17.9 Å². The molecule has 32 heavy (non-hydrogen) atoms. The van der Waals surface area contributed by atoms with Gasteiger partial charge in [-0.15, -0.1) is 0 Å². The number of anilines is 1. The van der Waals surface area contributed by atoms with Gasteiger partial charge in [0.1, 0.15) is 11.2 Å². The molecule has 168 valence electrons. The second kappa shape index (κ2) is 7.54. The van der Waals surface area contributed by atoms with Crippen molar-refractivity contribution in [2.45, 2.75) is 71.5 Å². The summed E-state index contributed by atoms with van der Waals surface area (Å²) in [5.74, 6) is 0.166. The number of nitrogens with zero attached hydrogens (tertiary/aromatic N) is 2. The number of furan rings is 1. The van der Waals surface area contributed by atoms with Crippen molar-refractivity contribution >= 4 is 28.6 Å². The van der Waals surface area contributed by atoms with Crippen molar-refractivity contribution in [2.24, 2.45) is 5.92 Å². The Bertz CT molecular complexity index is 1210. The zero-order valence-electron chi connectivity index (χ0n) is 19.3. The topological polar surface area (TPSA) is 67.5 Å². The highest BCUT2D eigenvalue weighted by Crippen LogP contribution is 2.38. The van der Waals surface area contributed by atoms with Crippen molar-refractivity contribution in [2.75, 3.05) is 4.90 Å². The van der Waals surface area contributed by atoms with Gasteiger partial charge in [0.05, 0.1) is 18.3 Å². The molecule has 3 unspecified atom stereocenters. The largest absolute Gasteiger partial charge is 0.463 e. The van der Waals surface area contributed by atoms with Crippen LogP contribution in [0, 0.1) is 19.8 Å². The van der Waals surface area contributed by atoms with E-state index in [0.717, 1.165) is 41.6 Å². The molecule has 1 saturated carbocycles. The summed E-state index contributed by atoms with van der Waals surface area (Å²) in [4.78, 5) is 29.5. The maximum atomic E-state index is 13.9. The van der Waals surface area contributed by atoms with Crippen LogP contribution in [0.5, 0.6) is 0 Å². The van der Waals surface area contributed by atoms with Crippen LogP contribution < -0.4 is 10.2 Å². The van der Waals surface area contributed by atoms with Crippen LogP contribution in [-0.4, -0.2) is 28.0 Å². The third-order valence-electron chi connectivity index (χ3n) is 7.64. The summed E-state index contributed by atoms with van der Waals surface area (Å²) in [6.07, 6.45) is 6.08. The Kier molecular flexibility index (Phi) is 4.91. The maximum Gasteiger partial charge on any atom is 0.276 e. The highest BCUT2D eigenvalue weighted by Gasteiger charge is 2.50. The summed E-state index contributed by atoms with van der Waals surface area (Å²) in [6.45, 7) is 8.52. The molecule has 1 aliphatic heterocycles. The number of nitrogens with one attached hydrogen (secondary N) is 1. The van der Waals surface area contributed by atoms with Gasteiger partial charge in [-0.05, 0) is 56.7 Å². The second-order valence-electron chi connectivity index (χ2n) is 9.76. The first-order chi connectivity index (χ1) is 15.3. The Balaban J connectivity index is 1.63. The molecular weight excluding hydrogens is 402 g/mol. The Morgan fingerprint density at radius 2 is 1.97 bits per heavy atom. The lowest BCUT2D eigenvalue weighted by Crippen LogP contribution is -2.66. The van der Waals surface area contributed by atoms with Gasteiger partial charge in [-0.3, -0.25) is 14.5 Å². The molecule has 2 amide bonds. The van der Waals surface area contributed by atoms with E-state index >= 15 is 0 Å². The molecule has 1 fully saturated rings. The summed E-state index contributed by atoms with van der Waals surface area (Å²) in [5, 5.41) is 3.33. The Morgan fingerprint density at radius 3 is 2.75 bits per heavy atom. The van der Waals surface area contributed by atoms with Crippen LogP contribution in [0.25, 0.3) is 11.1 Å². The molecule has 3 aromatic rings. The fraction of sp³-hybridized carbons (Fsp3) is 0.462. The summed E-state index contributed by atoms with van der Waals surface area (Å²) >= 11 is 0. The van der Waals surface area contributed by atoms with Gasteiger partial charge in [-0.2, -0.15) is 0 Å². The molecule has 3 heterocycles. The van der Waals surface area contributed by atoms with Gasteiger partial charge < -0.3 is 14.3 Å². The third-order valence-corrected chi connectivity index (χ3v) is 7.64. The Morgan fingerprint density at radius 1 is 1.19 bits per heavy atom. The molecule has 2 aliphatic rings. The number of benzene rings is 1. The van der Waals surface area contributed by atoms with Gasteiger partial charge in [0.2, 0.25) is 5.91 Å². The van der Waals surface area contributed by atoms with Crippen LogP contribution in [0.2, 0.25) is 0 Å². The minimum absolute atomic E-state index is 0.0958. The summed E-state index contributed by atoms with van der Waals surface area (Å²) in [5.41, 5.74) is 3.88. The summed E-state index contributed by atoms with van der Waals surface area (Å²) < 4.78 is 7.51. The minimum Gasteiger partial charge on any atom is -0.463 e. The second-order valence-corrected chi connectivity index (χ2v) is 9.76. The van der Waals surface area contributed by atoms with Crippen molar-refractivity contribution in [1.29, 1.82) is 0 Å². The fourth-order valence-corrected chi connectivity index (χ4v) is 5.42. The molecule has 0 bridgehead atoms. The number of hydrogen-bond donors (Lipinski definition) is 1. The number of aryl methyl sites for hydroxylation is 1. The molecule has 6 heteroatoms. The Hall–Kier alpha value is -3.02. The van der Waals surface area contributed by atoms with E-state index in [2.05, 4.69) is 12.2 Å². The zero-order chi connectivity index (χ0) is 22.6. The summed E-state index contributed by atoms with van der Waals surface area (Å²) in [7, 11) is 0. The average Bonchev–Trinajstić information content (AvgIpc) is 3.35. The van der Waals surface area contributed by atoms with E-state index in [1.54, 1.807) is 17.2 Å². The number of aromatic nitrogens is 1. The quantitative estimate of drug-likeness (QED) is 0.634. The zero-order valence-corrected chi connectivity index (χ0v) is 19.3. The molecule has 0 radical (unpaired) electrons. The molecule has 6 nitrogen and oxygen atoms in total. The molecule has 0 saturated heterocycles. The van der Waals surface area contributed by atoms with Crippen LogP contribution in [0.4, 0.5) is 5.69 Å². The molecule has 2 aromatic heterocycles. The fourth-order valence-electron chi connectivity index (χ4n) is 5.42. The van der Waals surface area contributed by atoms with Gasteiger partial charge >= 0.3 is 0 Å². The van der Waals surface area contributed by atoms with Gasteiger partial charge in [-0.1, -0.05) is 31.9 Å². The van der Waals surface area contributed by atoms with E-state index in [9.17, 15) is 9.59 Å². The highest BCUT2D eigenvalue weighted by atomic mass is 16.3. The first kappa shape index (κ1) is 20.9.